The summed E-state index contributed by atoms with van der Waals surface area (Å²) in [5, 5.41) is 4.65. The van der Waals surface area contributed by atoms with Gasteiger partial charge in [-0.1, -0.05) is 195 Å². The number of nitrogens with zero attached hydrogens (tertiary/aromatic N) is 4. The van der Waals surface area contributed by atoms with Crippen LogP contribution in [0.2, 0.25) is 13.1 Å². The van der Waals surface area contributed by atoms with Crippen LogP contribution in [0.3, 0.4) is 0 Å². The van der Waals surface area contributed by atoms with E-state index in [2.05, 4.69) is 136 Å². The maximum Gasteiger partial charge on any atom is 0.268 e. The zero-order valence-corrected chi connectivity index (χ0v) is 41.0. The van der Waals surface area contributed by atoms with Crippen LogP contribution >= 0.6 is 0 Å². The molecule has 0 spiro atoms. The van der Waals surface area contributed by atoms with Crippen molar-refractivity contribution < 1.29 is 37.2 Å². The topological polar surface area (TPSA) is 35.9 Å². The average molecular weight is 1070 g/mol. The fourth-order valence-electron chi connectivity index (χ4n) is 9.03. The SMILES string of the molecule is [2H]c1c([2H])c([2H])c(-c2cccc(-c3cccc([Si](C)(C)c4ccccc4)c3)c2-[n+]2[c-]n(-c3[c-]c(Oc4[c-]c5c(cc4)c4ccccc4n5-c4cc(C(C)(C)C)ccn4)ccc3)c3ccccc32)c([2H])c1[2H].[Pt]. The Morgan fingerprint density at radius 3 is 2.12 bits per heavy atom. The Morgan fingerprint density at radius 2 is 1.31 bits per heavy atom. The van der Waals surface area contributed by atoms with Crippen molar-refractivity contribution in [2.75, 3.05) is 0 Å². The molecule has 0 bridgehead atoms. The Morgan fingerprint density at radius 1 is 0.627 bits per heavy atom. The number of ether oxygens (including phenoxy) is 1. The Labute approximate surface area is 414 Å². The molecule has 11 aromatic rings. The van der Waals surface area contributed by atoms with Gasteiger partial charge in [-0.05, 0) is 62.5 Å². The van der Waals surface area contributed by atoms with Crippen molar-refractivity contribution in [3.8, 4) is 50.9 Å². The second-order valence-corrected chi connectivity index (χ2v) is 22.5. The van der Waals surface area contributed by atoms with E-state index in [4.69, 9.17) is 13.8 Å². The van der Waals surface area contributed by atoms with Crippen LogP contribution in [0.5, 0.6) is 11.5 Å². The zero-order valence-electron chi connectivity index (χ0n) is 42.7. The van der Waals surface area contributed by atoms with Gasteiger partial charge in [0.25, 0.3) is 6.33 Å². The van der Waals surface area contributed by atoms with E-state index in [0.717, 1.165) is 49.8 Å². The third kappa shape index (κ3) is 8.05. The molecule has 0 aliphatic heterocycles. The Kier molecular flexibility index (Phi) is 9.99. The smallest absolute Gasteiger partial charge is 0.268 e. The van der Waals surface area contributed by atoms with E-state index in [-0.39, 0.29) is 44.1 Å². The molecule has 67 heavy (non-hydrogen) atoms. The molecular weight excluding hydrogens is 1020 g/mol. The first-order valence-corrected chi connectivity index (χ1v) is 25.1. The van der Waals surface area contributed by atoms with Crippen LogP contribution in [0, 0.1) is 18.5 Å². The van der Waals surface area contributed by atoms with Crippen LogP contribution in [0.4, 0.5) is 0 Å². The number of rotatable bonds is 9. The largest absolute Gasteiger partial charge is 0.510 e. The molecule has 0 aliphatic rings. The minimum atomic E-state index is -2.17. The van der Waals surface area contributed by atoms with E-state index in [1.165, 1.54) is 15.9 Å². The molecule has 0 saturated carbocycles. The van der Waals surface area contributed by atoms with Crippen LogP contribution < -0.4 is 19.7 Å². The summed E-state index contributed by atoms with van der Waals surface area (Å²) in [7, 11) is -2.17. The fourth-order valence-corrected chi connectivity index (χ4v) is 11.4. The third-order valence-corrected chi connectivity index (χ3v) is 16.1. The Bertz CT molecular complexity index is 3870. The van der Waals surface area contributed by atoms with Crippen LogP contribution in [0.25, 0.3) is 72.3 Å². The van der Waals surface area contributed by atoms with Crippen molar-refractivity contribution in [2.24, 2.45) is 0 Å². The van der Waals surface area contributed by atoms with Gasteiger partial charge >= 0.3 is 0 Å². The molecule has 0 N–H and O–H groups in total. The van der Waals surface area contributed by atoms with E-state index >= 15 is 0 Å². The van der Waals surface area contributed by atoms with Crippen LogP contribution in [0.1, 0.15) is 33.2 Å². The molecule has 5 nitrogen and oxygen atoms in total. The van der Waals surface area contributed by atoms with Crippen LogP contribution in [0.15, 0.2) is 200 Å². The molecule has 0 aliphatic carbocycles. The summed E-state index contributed by atoms with van der Waals surface area (Å²) in [6, 6.07) is 60.4. The zero-order chi connectivity index (χ0) is 49.3. The number of imidazole rings is 1. The second kappa shape index (κ2) is 17.6. The summed E-state index contributed by atoms with van der Waals surface area (Å²) < 4.78 is 56.8. The number of pyridine rings is 1. The van der Waals surface area contributed by atoms with Gasteiger partial charge in [0.05, 0.1) is 23.6 Å². The molecule has 0 saturated heterocycles. The van der Waals surface area contributed by atoms with Crippen molar-refractivity contribution in [1.82, 2.24) is 14.1 Å². The number of fused-ring (bicyclic) bond motifs is 4. The number of para-hydroxylation sites is 4. The number of hydrogen-bond acceptors (Lipinski definition) is 2. The van der Waals surface area contributed by atoms with Gasteiger partial charge in [0.15, 0.2) is 0 Å². The maximum absolute atomic E-state index is 9.18. The minimum absolute atomic E-state index is 0. The number of hydrogen-bond donors (Lipinski definition) is 0. The predicted octanol–water partition coefficient (Wildman–Crippen LogP) is 13.0. The molecule has 11 rings (SSSR count). The van der Waals surface area contributed by atoms with Gasteiger partial charge in [-0.2, -0.15) is 18.2 Å². The summed E-state index contributed by atoms with van der Waals surface area (Å²) in [4.78, 5) is 4.84. The van der Waals surface area contributed by atoms with Gasteiger partial charge in [-0.15, -0.1) is 29.7 Å². The number of aromatic nitrogens is 4. The van der Waals surface area contributed by atoms with Gasteiger partial charge in [0, 0.05) is 44.3 Å². The monoisotopic (exact) mass is 1070 g/mol. The molecule has 330 valence electrons. The first-order valence-electron chi connectivity index (χ1n) is 24.6. The first kappa shape index (κ1) is 38.0. The van der Waals surface area contributed by atoms with Gasteiger partial charge in [0.2, 0.25) is 0 Å². The molecule has 0 amide bonds. The quantitative estimate of drug-likeness (QED) is 0.0820. The second-order valence-electron chi connectivity index (χ2n) is 18.1. The fraction of sp³-hybridized carbons (Fsp3) is 0.100. The molecular formula is C60H48N4OPtSi-2. The van der Waals surface area contributed by atoms with Crippen molar-refractivity contribution in [2.45, 2.75) is 39.3 Å². The molecule has 3 heterocycles. The van der Waals surface area contributed by atoms with E-state index in [0.29, 0.717) is 28.4 Å². The summed E-state index contributed by atoms with van der Waals surface area (Å²) in [6.45, 7) is 11.3. The van der Waals surface area contributed by atoms with Crippen molar-refractivity contribution in [3.63, 3.8) is 0 Å². The Balaban J connectivity index is 0.00000596. The molecule has 0 radical (unpaired) electrons. The third-order valence-electron chi connectivity index (χ3n) is 12.6. The van der Waals surface area contributed by atoms with Crippen molar-refractivity contribution >= 4 is 51.3 Å². The van der Waals surface area contributed by atoms with Gasteiger partial charge in [-0.3, -0.25) is 4.57 Å². The Hall–Kier alpha value is -7.11. The van der Waals surface area contributed by atoms with E-state index in [1.54, 1.807) is 0 Å². The average Bonchev–Trinajstić information content (AvgIpc) is 3.93. The predicted molar refractivity (Wildman–Crippen MR) is 273 cm³/mol. The van der Waals surface area contributed by atoms with Gasteiger partial charge in [0.1, 0.15) is 13.9 Å². The number of benzene rings is 8. The molecule has 8 aromatic carbocycles. The standard InChI is InChI=1S/C60H48N4OSi.Pt/c1-60(2,3)44-35-36-61-58(38-44)64-54-30-13-12-27-52(54)53-34-33-47(40-57(53)64)65-46-23-17-22-45(39-46)62-41-63(56-32-15-14-31-55(56)62)59-50(42-19-8-6-9-20-42)28-18-29-51(59)43-21-16-26-49(37-43)66(4,5)48-24-10-7-11-25-48;/h6-38H,1-5H3;/q-2;/i6D,8D,9D,19D,20D;. The van der Waals surface area contributed by atoms with Crippen molar-refractivity contribution in [3.05, 3.63) is 224 Å². The molecule has 3 aromatic heterocycles. The molecule has 7 heteroatoms. The van der Waals surface area contributed by atoms with E-state index < -0.39 is 26.2 Å². The summed E-state index contributed by atoms with van der Waals surface area (Å²) in [5.74, 6) is 1.78. The molecule has 0 unspecified atom stereocenters. The van der Waals surface area contributed by atoms with E-state index in [1.807, 2.05) is 100 Å². The summed E-state index contributed by atoms with van der Waals surface area (Å²) in [6.07, 6.45) is 5.51. The first-order chi connectivity index (χ1) is 34.2. The normalized spacial score (nSPS) is 12.9. The van der Waals surface area contributed by atoms with Crippen LogP contribution in [-0.4, -0.2) is 22.2 Å². The van der Waals surface area contributed by atoms with Crippen LogP contribution in [-0.2, 0) is 26.5 Å². The van der Waals surface area contributed by atoms with Gasteiger partial charge < -0.3 is 13.9 Å². The molecule has 0 atom stereocenters. The van der Waals surface area contributed by atoms with Gasteiger partial charge in [-0.25, -0.2) is 4.98 Å². The van der Waals surface area contributed by atoms with Crippen molar-refractivity contribution in [1.29, 1.82) is 0 Å². The van der Waals surface area contributed by atoms with E-state index in [9.17, 15) is 2.74 Å². The minimum Gasteiger partial charge on any atom is -0.510 e. The maximum atomic E-state index is 9.18. The summed E-state index contributed by atoms with van der Waals surface area (Å²) in [5.41, 5.74) is 8.12. The summed E-state index contributed by atoms with van der Waals surface area (Å²) >= 11 is 0. The molecule has 0 fully saturated rings.